The number of aliphatic hydroxyl groups excluding tert-OH is 2. The summed E-state index contributed by atoms with van der Waals surface area (Å²) >= 11 is 0. The van der Waals surface area contributed by atoms with Crippen molar-refractivity contribution in [3.8, 4) is 11.5 Å². The molecule has 4 aliphatic rings. The molecule has 73 heavy (non-hydrogen) atoms. The van der Waals surface area contributed by atoms with Crippen LogP contribution >= 0.6 is 0 Å². The predicted octanol–water partition coefficient (Wildman–Crippen LogP) is 11.6. The molecule has 9 rings (SSSR count). The number of carbonyl (C=O) groups is 1. The Morgan fingerprint density at radius 3 is 2.45 bits per heavy atom. The molecule has 1 saturated heterocycles. The van der Waals surface area contributed by atoms with Crippen molar-refractivity contribution in [2.75, 3.05) is 39.6 Å². The van der Waals surface area contributed by atoms with E-state index in [1.165, 1.54) is 6.07 Å². The van der Waals surface area contributed by atoms with Gasteiger partial charge in [-0.2, -0.15) is 0 Å². The lowest BCUT2D eigenvalue weighted by molar-refractivity contribution is -0.256. The molecule has 2 aliphatic carbocycles. The average molecular weight is 997 g/mol. The molecule has 0 bridgehead atoms. The smallest absolute Gasteiger partial charge is 0.410 e. The Morgan fingerprint density at radius 1 is 0.863 bits per heavy atom. The van der Waals surface area contributed by atoms with Crippen molar-refractivity contribution < 1.29 is 52.7 Å². The number of ether oxygens (including phenoxy) is 6. The second-order valence-corrected chi connectivity index (χ2v) is 19.5. The van der Waals surface area contributed by atoms with Gasteiger partial charge < -0.3 is 43.5 Å². The van der Waals surface area contributed by atoms with Crippen LogP contribution in [0.1, 0.15) is 92.4 Å². The molecule has 5 aromatic carbocycles. The number of oxime groups is 1. The summed E-state index contributed by atoms with van der Waals surface area (Å²) in [6.45, 7) is 5.57. The summed E-state index contributed by atoms with van der Waals surface area (Å²) in [6.07, 6.45) is 9.97. The Hall–Kier alpha value is -6.09. The van der Waals surface area contributed by atoms with Gasteiger partial charge in [0.25, 0.3) is 0 Å². The third kappa shape index (κ3) is 12.1. The van der Waals surface area contributed by atoms with Crippen LogP contribution in [0.25, 0.3) is 10.8 Å². The molecule has 1 amide bonds. The van der Waals surface area contributed by atoms with Crippen molar-refractivity contribution in [1.29, 1.82) is 0 Å². The highest BCUT2D eigenvalue weighted by molar-refractivity contribution is 6.03. The first-order chi connectivity index (χ1) is 35.9. The van der Waals surface area contributed by atoms with Gasteiger partial charge in [0.15, 0.2) is 0 Å². The van der Waals surface area contributed by atoms with Crippen LogP contribution < -0.4 is 9.47 Å². The van der Waals surface area contributed by atoms with Gasteiger partial charge in [-0.05, 0) is 102 Å². The summed E-state index contributed by atoms with van der Waals surface area (Å²) < 4.78 is 54.4. The normalized spacial score (nSPS) is 23.7. The molecule has 12 nitrogen and oxygen atoms in total. The Bertz CT molecular complexity index is 2670. The maximum Gasteiger partial charge on any atom is 0.410 e. The molecule has 1 saturated carbocycles. The van der Waals surface area contributed by atoms with E-state index >= 15 is 4.79 Å². The number of benzene rings is 5. The second kappa shape index (κ2) is 25.2. The molecule has 386 valence electrons. The lowest BCUT2D eigenvalue weighted by Gasteiger charge is -2.60. The maximum absolute atomic E-state index is 15.3. The number of allylic oxidation sites excluding steroid dienone is 1. The molecule has 13 heteroatoms. The monoisotopic (exact) mass is 996 g/mol. The number of unbranched alkanes of at least 4 members (excludes halogenated alkanes) is 2. The fourth-order valence-electron chi connectivity index (χ4n) is 11.4. The third-order valence-corrected chi connectivity index (χ3v) is 14.8. The Labute approximate surface area is 428 Å². The molecular formula is C60H69FN2O10. The summed E-state index contributed by atoms with van der Waals surface area (Å²) in [6, 6.07) is 35.5. The molecule has 5 aromatic rings. The summed E-state index contributed by atoms with van der Waals surface area (Å²) in [7, 11) is 0. The molecule has 0 aromatic heterocycles. The topological polar surface area (TPSA) is 138 Å². The average Bonchev–Trinajstić information content (AvgIpc) is 3.43. The van der Waals surface area contributed by atoms with Gasteiger partial charge in [0.2, 0.25) is 12.1 Å². The number of nitrogens with zero attached hydrogens (tertiary/aromatic N) is 2. The van der Waals surface area contributed by atoms with E-state index in [4.69, 9.17) is 38.4 Å². The minimum absolute atomic E-state index is 0.00692. The van der Waals surface area contributed by atoms with Gasteiger partial charge in [0.05, 0.1) is 44.6 Å². The van der Waals surface area contributed by atoms with Gasteiger partial charge in [-0.25, -0.2) is 9.18 Å². The first kappa shape index (κ1) is 51.8. The van der Waals surface area contributed by atoms with Gasteiger partial charge in [-0.15, -0.1) is 6.58 Å². The van der Waals surface area contributed by atoms with Crippen LogP contribution in [0, 0.1) is 23.6 Å². The molecule has 2 fully saturated rings. The van der Waals surface area contributed by atoms with Crippen molar-refractivity contribution in [2.24, 2.45) is 22.9 Å². The van der Waals surface area contributed by atoms with E-state index in [1.54, 1.807) is 29.2 Å². The van der Waals surface area contributed by atoms with Crippen molar-refractivity contribution in [1.82, 2.24) is 4.90 Å². The highest BCUT2D eigenvalue weighted by Gasteiger charge is 2.66. The van der Waals surface area contributed by atoms with Crippen molar-refractivity contribution in [2.45, 2.75) is 108 Å². The van der Waals surface area contributed by atoms with E-state index in [9.17, 15) is 14.6 Å². The van der Waals surface area contributed by atoms with Crippen LogP contribution in [0.15, 0.2) is 145 Å². The van der Waals surface area contributed by atoms with E-state index in [1.807, 2.05) is 72.8 Å². The highest BCUT2D eigenvalue weighted by Crippen LogP contribution is 2.62. The number of fused-ring (bicyclic) bond motifs is 3. The number of hydrogen-bond donors (Lipinski definition) is 2. The molecule has 2 heterocycles. The fraction of sp³-hybridized carbons (Fsp3) is 0.433. The maximum atomic E-state index is 15.3. The Kier molecular flexibility index (Phi) is 17.9. The summed E-state index contributed by atoms with van der Waals surface area (Å²) in [5.41, 5.74) is 4.77. The SMILES string of the molecule is C=CCOC12Oc3ccc(OCc4ccccc4F)cc3C3C(CCCCO)C(CCCCO)C=C(C(=NOC4CCCCO4)CC1N(Cc1cccc4ccccc14)C(=O)OCCOCc1ccccc1)C32. The lowest BCUT2D eigenvalue weighted by Crippen LogP contribution is -2.70. The van der Waals surface area contributed by atoms with E-state index in [2.05, 4.69) is 30.9 Å². The van der Waals surface area contributed by atoms with E-state index < -0.39 is 30.1 Å². The number of rotatable bonds is 24. The molecule has 2 aliphatic heterocycles. The van der Waals surface area contributed by atoms with Gasteiger partial charge in [-0.3, -0.25) is 4.90 Å². The molecule has 7 unspecified atom stereocenters. The lowest BCUT2D eigenvalue weighted by atomic mass is 9.55. The minimum Gasteiger partial charge on any atom is -0.489 e. The van der Waals surface area contributed by atoms with Crippen LogP contribution in [0.4, 0.5) is 9.18 Å². The van der Waals surface area contributed by atoms with Crippen LogP contribution in [-0.2, 0) is 43.5 Å². The molecule has 0 spiro atoms. The number of carbonyl (C=O) groups excluding carboxylic acids is 1. The van der Waals surface area contributed by atoms with Crippen molar-refractivity contribution >= 4 is 22.6 Å². The molecule has 2 N–H and O–H groups in total. The Balaban J connectivity index is 1.20. The predicted molar refractivity (Wildman–Crippen MR) is 277 cm³/mol. The third-order valence-electron chi connectivity index (χ3n) is 14.8. The van der Waals surface area contributed by atoms with E-state index in [0.29, 0.717) is 55.3 Å². The molecule has 0 radical (unpaired) electrons. The first-order valence-corrected chi connectivity index (χ1v) is 26.1. The van der Waals surface area contributed by atoms with Crippen molar-refractivity contribution in [3.05, 3.63) is 168 Å². The minimum atomic E-state index is -1.55. The first-order valence-electron chi connectivity index (χ1n) is 26.1. The zero-order valence-electron chi connectivity index (χ0n) is 41.7. The molecular weight excluding hydrogens is 928 g/mol. The van der Waals surface area contributed by atoms with Gasteiger partial charge >= 0.3 is 6.09 Å². The highest BCUT2D eigenvalue weighted by atomic mass is 19.1. The zero-order chi connectivity index (χ0) is 50.4. The largest absolute Gasteiger partial charge is 0.489 e. The van der Waals surface area contributed by atoms with Crippen LogP contribution in [0.3, 0.4) is 0 Å². The quantitative estimate of drug-likeness (QED) is 0.0349. The number of aliphatic hydroxyl groups is 2. The van der Waals surface area contributed by atoms with E-state index in [-0.39, 0.29) is 76.2 Å². The van der Waals surface area contributed by atoms with Crippen LogP contribution in [0.5, 0.6) is 11.5 Å². The summed E-state index contributed by atoms with van der Waals surface area (Å²) in [4.78, 5) is 23.5. The number of hydrogen-bond acceptors (Lipinski definition) is 11. The summed E-state index contributed by atoms with van der Waals surface area (Å²) in [5.74, 6) is -1.71. The van der Waals surface area contributed by atoms with Gasteiger partial charge in [0, 0.05) is 43.1 Å². The number of amides is 1. The van der Waals surface area contributed by atoms with Gasteiger partial charge in [-0.1, -0.05) is 121 Å². The van der Waals surface area contributed by atoms with Crippen LogP contribution in [-0.4, -0.2) is 84.7 Å². The zero-order valence-corrected chi connectivity index (χ0v) is 41.7. The standard InChI is InChI=1S/C60H69FN2O10/c1-2-32-71-60-55(63(39-45-23-16-22-43-19-6-8-24-48(43)45)59(66)69-35-34-67-40-42-17-4-3-5-18-42)38-53(62-73-56-27-12-15-33-68-56)50-36-44(20-10-13-30-64)49(25-11-14-31-65)57(58(50)60)51-37-47(28-29-54(51)72-60)70-41-46-21-7-9-26-52(46)61/h2-9,16-19,21-24,26,28-29,36-37,44,49,55-58,64-65H,1,10-15,20,25,27,30-35,38-41H2. The van der Waals surface area contributed by atoms with Gasteiger partial charge in [0.1, 0.15) is 36.6 Å². The fourth-order valence-corrected chi connectivity index (χ4v) is 11.4. The molecule has 7 atom stereocenters. The second-order valence-electron chi connectivity index (χ2n) is 19.5. The van der Waals surface area contributed by atoms with Crippen LogP contribution in [0.2, 0.25) is 0 Å². The summed E-state index contributed by atoms with van der Waals surface area (Å²) in [5, 5.41) is 27.2. The van der Waals surface area contributed by atoms with E-state index in [0.717, 1.165) is 71.6 Å². The number of halogens is 1. The van der Waals surface area contributed by atoms with Crippen molar-refractivity contribution in [3.63, 3.8) is 0 Å². The Morgan fingerprint density at radius 2 is 1.64 bits per heavy atom.